The maximum Gasteiger partial charge on any atom is 0.0931 e. The van der Waals surface area contributed by atoms with Crippen LogP contribution in [0, 0.1) is 0 Å². The molecule has 6 fully saturated rings. The van der Waals surface area contributed by atoms with Crippen LogP contribution in [0.2, 0.25) is 0 Å². The summed E-state index contributed by atoms with van der Waals surface area (Å²) in [4.78, 5) is 11.1. The first-order valence-electron chi connectivity index (χ1n) is 6.48. The van der Waals surface area contributed by atoms with E-state index in [4.69, 9.17) is 9.78 Å². The van der Waals surface area contributed by atoms with Gasteiger partial charge in [0.05, 0.1) is 12.2 Å². The molecule has 3 nitrogen and oxygen atoms in total. The van der Waals surface area contributed by atoms with Crippen molar-refractivity contribution in [1.29, 1.82) is 0 Å². The van der Waals surface area contributed by atoms with Crippen molar-refractivity contribution in [3.8, 4) is 0 Å². The van der Waals surface area contributed by atoms with Crippen molar-refractivity contribution in [2.24, 2.45) is 0 Å². The van der Waals surface area contributed by atoms with Crippen molar-refractivity contribution < 1.29 is 9.78 Å². The van der Waals surface area contributed by atoms with Crippen LogP contribution in [-0.4, -0.2) is 24.3 Å². The van der Waals surface area contributed by atoms with Gasteiger partial charge in [0, 0.05) is 12.1 Å². The maximum absolute atomic E-state index is 5.56. The zero-order chi connectivity index (χ0) is 10.1. The van der Waals surface area contributed by atoms with E-state index in [0.29, 0.717) is 12.2 Å². The van der Waals surface area contributed by atoms with Gasteiger partial charge in [-0.25, -0.2) is 9.78 Å². The van der Waals surface area contributed by atoms with Gasteiger partial charge >= 0.3 is 0 Å². The van der Waals surface area contributed by atoms with Gasteiger partial charge in [0.2, 0.25) is 0 Å². The average Bonchev–Trinajstić information content (AvgIpc) is 2.39. The molecule has 4 saturated heterocycles. The van der Waals surface area contributed by atoms with E-state index in [1.54, 1.807) is 0 Å². The van der Waals surface area contributed by atoms with E-state index in [1.807, 2.05) is 0 Å². The topological polar surface area (TPSA) is 30.5 Å². The third kappa shape index (κ3) is 2.35. The molecule has 0 aromatic rings. The lowest BCUT2D eigenvalue weighted by atomic mass is 9.89. The molecule has 0 spiro atoms. The summed E-state index contributed by atoms with van der Waals surface area (Å²) in [6, 6.07) is 1.48. The third-order valence-corrected chi connectivity index (χ3v) is 4.15. The predicted molar refractivity (Wildman–Crippen MR) is 57.4 cm³/mol. The summed E-state index contributed by atoms with van der Waals surface area (Å²) >= 11 is 0. The molecule has 4 aliphatic heterocycles. The molecule has 0 atom stereocenters. The molecule has 1 N–H and O–H groups in total. The van der Waals surface area contributed by atoms with E-state index < -0.39 is 0 Å². The Bertz CT molecular complexity index is 184. The Hall–Kier alpha value is -0.120. The normalized spacial score (nSPS) is 46.4. The Labute approximate surface area is 91.4 Å². The van der Waals surface area contributed by atoms with Crippen LogP contribution >= 0.6 is 0 Å². The molecule has 15 heavy (non-hydrogen) atoms. The molecule has 0 radical (unpaired) electrons. The van der Waals surface area contributed by atoms with Crippen LogP contribution in [0.4, 0.5) is 0 Å². The Morgan fingerprint density at radius 2 is 1.00 bits per heavy atom. The van der Waals surface area contributed by atoms with Gasteiger partial charge in [0.1, 0.15) is 0 Å². The molecule has 6 aliphatic rings. The third-order valence-electron chi connectivity index (χ3n) is 4.15. The zero-order valence-electron chi connectivity index (χ0n) is 9.28. The van der Waals surface area contributed by atoms with Gasteiger partial charge in [-0.2, -0.15) is 0 Å². The summed E-state index contributed by atoms with van der Waals surface area (Å²) in [6.45, 7) is 0. The zero-order valence-corrected chi connectivity index (χ0v) is 9.28. The van der Waals surface area contributed by atoms with Crippen LogP contribution in [0.1, 0.15) is 51.4 Å². The quantitative estimate of drug-likeness (QED) is 0.623. The van der Waals surface area contributed by atoms with Crippen molar-refractivity contribution >= 4 is 0 Å². The van der Waals surface area contributed by atoms with Gasteiger partial charge in [-0.1, -0.05) is 0 Å². The molecule has 0 aromatic carbocycles. The summed E-state index contributed by atoms with van der Waals surface area (Å²) in [5.41, 5.74) is 0. The van der Waals surface area contributed by atoms with E-state index >= 15 is 0 Å². The summed E-state index contributed by atoms with van der Waals surface area (Å²) < 4.78 is 0. The van der Waals surface area contributed by atoms with Crippen LogP contribution in [0.15, 0.2) is 0 Å². The predicted octanol–water partition coefficient (Wildman–Crippen LogP) is 2.16. The lowest BCUT2D eigenvalue weighted by Crippen LogP contribution is -2.42. The van der Waals surface area contributed by atoms with E-state index in [1.165, 1.54) is 25.7 Å². The van der Waals surface area contributed by atoms with Crippen molar-refractivity contribution in [3.05, 3.63) is 0 Å². The molecular weight excluding hydrogens is 190 g/mol. The highest BCUT2D eigenvalue weighted by Gasteiger charge is 2.30. The van der Waals surface area contributed by atoms with Gasteiger partial charge in [-0.05, 0) is 51.4 Å². The first-order valence-corrected chi connectivity index (χ1v) is 6.48. The molecule has 4 heterocycles. The molecule has 6 rings (SSSR count). The molecule has 0 aromatic heterocycles. The van der Waals surface area contributed by atoms with Gasteiger partial charge in [-0.15, -0.1) is 0 Å². The lowest BCUT2D eigenvalue weighted by Gasteiger charge is -2.31. The highest BCUT2D eigenvalue weighted by Crippen LogP contribution is 2.29. The first-order chi connectivity index (χ1) is 7.40. The minimum atomic E-state index is 0.361. The van der Waals surface area contributed by atoms with Crippen LogP contribution < -0.4 is 5.32 Å². The summed E-state index contributed by atoms with van der Waals surface area (Å²) in [5.74, 6) is 0. The first kappa shape index (κ1) is 10.1. The maximum atomic E-state index is 5.56. The van der Waals surface area contributed by atoms with E-state index in [9.17, 15) is 0 Å². The van der Waals surface area contributed by atoms with Crippen molar-refractivity contribution in [3.63, 3.8) is 0 Å². The summed E-state index contributed by atoms with van der Waals surface area (Å²) in [7, 11) is 0. The Morgan fingerprint density at radius 3 is 1.40 bits per heavy atom. The average molecular weight is 211 g/mol. The minimum absolute atomic E-state index is 0.361. The fourth-order valence-electron chi connectivity index (χ4n) is 3.14. The van der Waals surface area contributed by atoms with Gasteiger partial charge in [-0.3, -0.25) is 0 Å². The monoisotopic (exact) mass is 211 g/mol. The van der Waals surface area contributed by atoms with Crippen LogP contribution in [0.25, 0.3) is 0 Å². The van der Waals surface area contributed by atoms with E-state index in [0.717, 1.165) is 37.8 Å². The number of hydrogen-bond acceptors (Lipinski definition) is 3. The van der Waals surface area contributed by atoms with Crippen molar-refractivity contribution in [2.75, 3.05) is 0 Å². The Balaban J connectivity index is 1.69. The van der Waals surface area contributed by atoms with Crippen LogP contribution in [0.5, 0.6) is 0 Å². The number of nitrogens with one attached hydrogen (secondary N) is 1. The molecule has 2 saturated carbocycles. The second-order valence-corrected chi connectivity index (χ2v) is 5.31. The highest BCUT2D eigenvalue weighted by atomic mass is 17.2. The fraction of sp³-hybridized carbons (Fsp3) is 1.00. The second kappa shape index (κ2) is 4.40. The van der Waals surface area contributed by atoms with Crippen molar-refractivity contribution in [2.45, 2.75) is 75.7 Å². The van der Waals surface area contributed by atoms with Gasteiger partial charge in [0.15, 0.2) is 0 Å². The molecule has 86 valence electrons. The molecule has 0 amide bonds. The summed E-state index contributed by atoms with van der Waals surface area (Å²) in [6.07, 6.45) is 10.4. The number of rotatable bonds is 0. The minimum Gasteiger partial charge on any atom is -0.311 e. The van der Waals surface area contributed by atoms with E-state index in [-0.39, 0.29) is 0 Å². The SMILES string of the molecule is C1CC2CCC1NC1CCC(CC1)OO2. The van der Waals surface area contributed by atoms with Gasteiger partial charge in [0.25, 0.3) is 0 Å². The highest BCUT2D eigenvalue weighted by molar-refractivity contribution is 4.84. The van der Waals surface area contributed by atoms with Crippen LogP contribution in [-0.2, 0) is 9.78 Å². The molecular formula is C12H21NO2. The summed E-state index contributed by atoms with van der Waals surface area (Å²) in [5, 5.41) is 3.82. The fourth-order valence-corrected chi connectivity index (χ4v) is 3.14. The van der Waals surface area contributed by atoms with Gasteiger partial charge < -0.3 is 5.32 Å². The molecule has 2 aliphatic carbocycles. The molecule has 3 heteroatoms. The molecule has 0 unspecified atom stereocenters. The molecule has 4 bridgehead atoms. The standard InChI is InChI=1S/C12H21NO2/c1-5-11-6-2-9(1)13-10-3-7-12(8-4-10)15-14-11/h9-13H,1-8H2. The Morgan fingerprint density at radius 1 is 0.600 bits per heavy atom. The largest absolute Gasteiger partial charge is 0.311 e. The van der Waals surface area contributed by atoms with Crippen LogP contribution in [0.3, 0.4) is 0 Å². The Kier molecular flexibility index (Phi) is 2.95. The number of hydrogen-bond donors (Lipinski definition) is 1. The second-order valence-electron chi connectivity index (χ2n) is 5.31. The lowest BCUT2D eigenvalue weighted by molar-refractivity contribution is -0.357. The van der Waals surface area contributed by atoms with Crippen molar-refractivity contribution in [1.82, 2.24) is 5.32 Å². The van der Waals surface area contributed by atoms with E-state index in [2.05, 4.69) is 5.32 Å². The smallest absolute Gasteiger partial charge is 0.0931 e.